The largest absolute Gasteiger partial charge is 0.469 e. The molecule has 56 heavy (non-hydrogen) atoms. The van der Waals surface area contributed by atoms with Crippen molar-refractivity contribution >= 4 is 19.8 Å². The lowest BCUT2D eigenvalue weighted by atomic mass is 10.0. The first-order chi connectivity index (χ1) is 27.3. The van der Waals surface area contributed by atoms with Crippen molar-refractivity contribution in [1.29, 1.82) is 0 Å². The molecular formula is C47H87O8P. The molecule has 0 radical (unpaired) electrons. The Balaban J connectivity index is 3.87. The number of hydrogen-bond acceptors (Lipinski definition) is 6. The summed E-state index contributed by atoms with van der Waals surface area (Å²) in [5, 5.41) is 0. The van der Waals surface area contributed by atoms with E-state index in [-0.39, 0.29) is 19.4 Å². The van der Waals surface area contributed by atoms with E-state index in [9.17, 15) is 14.2 Å². The minimum atomic E-state index is -4.77. The number of esters is 2. The molecule has 0 aromatic carbocycles. The zero-order valence-corrected chi connectivity index (χ0v) is 37.2. The molecule has 0 aliphatic rings. The van der Waals surface area contributed by atoms with Crippen LogP contribution in [0.3, 0.4) is 0 Å². The summed E-state index contributed by atoms with van der Waals surface area (Å²) in [5.41, 5.74) is 0. The highest BCUT2D eigenvalue weighted by Crippen LogP contribution is 2.36. The van der Waals surface area contributed by atoms with Crippen molar-refractivity contribution in [2.75, 3.05) is 13.2 Å². The standard InChI is InChI=1S/C47H87O8P/c1-3-5-7-9-11-13-15-17-19-20-21-22-23-24-25-26-28-30-32-34-36-38-40-42-47(49)55-45(44-54-56(50,51)52)43-53-46(48)41-39-37-35-33-31-29-27-18-16-14-12-10-8-6-4-2/h12,14,18,27,34,36,45H,3-11,13,15-17,19-26,28-33,35,37-44H2,1-2H3,(H2,50,51,52)/b14-12+,27-18+,36-34+/t45-/m1/s1. The van der Waals surface area contributed by atoms with E-state index in [2.05, 4.69) is 54.8 Å². The molecule has 0 aliphatic carbocycles. The Bertz CT molecular complexity index is 1000. The number of allylic oxidation sites excluding steroid dienone is 6. The van der Waals surface area contributed by atoms with Crippen LogP contribution in [0.15, 0.2) is 36.5 Å². The van der Waals surface area contributed by atoms with E-state index in [0.717, 1.165) is 51.4 Å². The van der Waals surface area contributed by atoms with Gasteiger partial charge in [-0.25, -0.2) is 4.57 Å². The molecule has 0 fully saturated rings. The van der Waals surface area contributed by atoms with Gasteiger partial charge in [-0.15, -0.1) is 0 Å². The predicted octanol–water partition coefficient (Wildman–Crippen LogP) is 14.5. The molecule has 0 unspecified atom stereocenters. The first-order valence-corrected chi connectivity index (χ1v) is 24.8. The maximum atomic E-state index is 12.4. The summed E-state index contributed by atoms with van der Waals surface area (Å²) >= 11 is 0. The molecule has 0 heterocycles. The van der Waals surface area contributed by atoms with Crippen molar-refractivity contribution in [2.45, 2.75) is 238 Å². The predicted molar refractivity (Wildman–Crippen MR) is 235 cm³/mol. The molecule has 1 atom stereocenters. The highest BCUT2D eigenvalue weighted by Gasteiger charge is 2.22. The number of rotatable bonds is 43. The molecule has 0 spiro atoms. The van der Waals surface area contributed by atoms with E-state index in [1.807, 2.05) is 0 Å². The Morgan fingerprint density at radius 2 is 0.821 bits per heavy atom. The Kier molecular flexibility index (Phi) is 41.5. The quantitative estimate of drug-likeness (QED) is 0.0270. The first-order valence-electron chi connectivity index (χ1n) is 23.3. The average molecular weight is 811 g/mol. The summed E-state index contributed by atoms with van der Waals surface area (Å²) in [5.74, 6) is -0.932. The van der Waals surface area contributed by atoms with Gasteiger partial charge in [-0.2, -0.15) is 0 Å². The van der Waals surface area contributed by atoms with Crippen LogP contribution in [0.1, 0.15) is 232 Å². The highest BCUT2D eigenvalue weighted by atomic mass is 31.2. The van der Waals surface area contributed by atoms with Crippen molar-refractivity contribution in [3.05, 3.63) is 36.5 Å². The van der Waals surface area contributed by atoms with Gasteiger partial charge < -0.3 is 19.3 Å². The van der Waals surface area contributed by atoms with Gasteiger partial charge in [0, 0.05) is 12.8 Å². The third-order valence-electron chi connectivity index (χ3n) is 10.1. The minimum absolute atomic E-state index is 0.163. The molecule has 0 aromatic rings. The van der Waals surface area contributed by atoms with Crippen LogP contribution in [-0.2, 0) is 28.2 Å². The van der Waals surface area contributed by atoms with Gasteiger partial charge in [0.15, 0.2) is 6.10 Å². The van der Waals surface area contributed by atoms with Crippen LogP contribution in [0.5, 0.6) is 0 Å². The lowest BCUT2D eigenvalue weighted by molar-refractivity contribution is -0.161. The third-order valence-corrected chi connectivity index (χ3v) is 10.6. The number of ether oxygens (including phenoxy) is 2. The Morgan fingerprint density at radius 1 is 0.464 bits per heavy atom. The SMILES string of the molecule is CCCCC/C=C/C/C=C/CCCCCCCC(=O)OC[C@H](COP(=O)(O)O)OC(=O)CCC/C=C/CCCCCCCCCCCCCCCCCCCC. The van der Waals surface area contributed by atoms with Crippen molar-refractivity contribution in [3.8, 4) is 0 Å². The van der Waals surface area contributed by atoms with E-state index < -0.39 is 32.5 Å². The van der Waals surface area contributed by atoms with Gasteiger partial charge in [-0.05, 0) is 64.2 Å². The lowest BCUT2D eigenvalue weighted by Gasteiger charge is -2.18. The van der Waals surface area contributed by atoms with Gasteiger partial charge >= 0.3 is 19.8 Å². The van der Waals surface area contributed by atoms with Crippen molar-refractivity contribution in [2.24, 2.45) is 0 Å². The fourth-order valence-electron chi connectivity index (χ4n) is 6.64. The molecule has 328 valence electrons. The molecule has 0 amide bonds. The Labute approximate surface area is 344 Å². The van der Waals surface area contributed by atoms with Gasteiger partial charge in [0.25, 0.3) is 0 Å². The number of phosphoric ester groups is 1. The maximum absolute atomic E-state index is 12.4. The Hall–Kier alpha value is -1.73. The number of hydrogen-bond donors (Lipinski definition) is 2. The fraction of sp³-hybridized carbons (Fsp3) is 0.830. The third kappa shape index (κ3) is 45.0. The molecular weight excluding hydrogens is 723 g/mol. The molecule has 0 aromatic heterocycles. The van der Waals surface area contributed by atoms with Gasteiger partial charge in [0.05, 0.1) is 6.61 Å². The van der Waals surface area contributed by atoms with Crippen LogP contribution >= 0.6 is 7.82 Å². The number of carbonyl (C=O) groups is 2. The molecule has 0 rings (SSSR count). The lowest BCUT2D eigenvalue weighted by Crippen LogP contribution is -2.29. The second-order valence-electron chi connectivity index (χ2n) is 15.7. The Morgan fingerprint density at radius 3 is 1.29 bits per heavy atom. The van der Waals surface area contributed by atoms with Crippen LogP contribution in [0.4, 0.5) is 0 Å². The zero-order chi connectivity index (χ0) is 41.1. The molecule has 0 saturated heterocycles. The van der Waals surface area contributed by atoms with E-state index in [4.69, 9.17) is 19.3 Å². The second-order valence-corrected chi connectivity index (χ2v) is 17.0. The molecule has 0 saturated carbocycles. The average Bonchev–Trinajstić information content (AvgIpc) is 3.17. The monoisotopic (exact) mass is 811 g/mol. The van der Waals surface area contributed by atoms with E-state index in [1.54, 1.807) is 0 Å². The van der Waals surface area contributed by atoms with Crippen LogP contribution in [0, 0.1) is 0 Å². The van der Waals surface area contributed by atoms with Gasteiger partial charge in [0.1, 0.15) is 6.61 Å². The van der Waals surface area contributed by atoms with E-state index in [0.29, 0.717) is 12.8 Å². The van der Waals surface area contributed by atoms with Crippen molar-refractivity contribution < 1.29 is 37.9 Å². The second kappa shape index (κ2) is 42.9. The number of unbranched alkanes of at least 4 members (excludes halogenated alkanes) is 27. The van der Waals surface area contributed by atoms with Crippen LogP contribution in [0.25, 0.3) is 0 Å². The van der Waals surface area contributed by atoms with Gasteiger partial charge in [-0.3, -0.25) is 14.1 Å². The molecule has 0 aliphatic heterocycles. The van der Waals surface area contributed by atoms with E-state index in [1.165, 1.54) is 141 Å². The first kappa shape index (κ1) is 54.3. The summed E-state index contributed by atoms with van der Waals surface area (Å²) < 4.78 is 26.4. The summed E-state index contributed by atoms with van der Waals surface area (Å²) in [6.07, 6.45) is 51.7. The van der Waals surface area contributed by atoms with Crippen molar-refractivity contribution in [1.82, 2.24) is 0 Å². The topological polar surface area (TPSA) is 119 Å². The summed E-state index contributed by atoms with van der Waals surface area (Å²) in [6, 6.07) is 0. The fourth-order valence-corrected chi connectivity index (χ4v) is 7.00. The maximum Gasteiger partial charge on any atom is 0.469 e. The summed E-state index contributed by atoms with van der Waals surface area (Å²) in [7, 11) is -4.77. The zero-order valence-electron chi connectivity index (χ0n) is 36.3. The van der Waals surface area contributed by atoms with Crippen molar-refractivity contribution in [3.63, 3.8) is 0 Å². The molecule has 0 bridgehead atoms. The van der Waals surface area contributed by atoms with Crippen LogP contribution < -0.4 is 0 Å². The van der Waals surface area contributed by atoms with Gasteiger partial charge in [-0.1, -0.05) is 192 Å². The number of phosphoric acid groups is 1. The van der Waals surface area contributed by atoms with E-state index >= 15 is 0 Å². The minimum Gasteiger partial charge on any atom is -0.462 e. The number of carbonyl (C=O) groups excluding carboxylic acids is 2. The highest BCUT2D eigenvalue weighted by molar-refractivity contribution is 7.46. The smallest absolute Gasteiger partial charge is 0.462 e. The molecule has 9 heteroatoms. The normalized spacial score (nSPS) is 12.7. The molecule has 8 nitrogen and oxygen atoms in total. The van der Waals surface area contributed by atoms with Crippen LogP contribution in [0.2, 0.25) is 0 Å². The summed E-state index contributed by atoms with van der Waals surface area (Å²) in [6.45, 7) is 3.65. The van der Waals surface area contributed by atoms with Gasteiger partial charge in [0.2, 0.25) is 0 Å². The van der Waals surface area contributed by atoms with Crippen LogP contribution in [-0.4, -0.2) is 41.0 Å². The summed E-state index contributed by atoms with van der Waals surface area (Å²) in [4.78, 5) is 42.9. The molecule has 2 N–H and O–H groups in total.